The molecule has 1 aliphatic heterocycles. The van der Waals surface area contributed by atoms with Crippen molar-refractivity contribution in [2.75, 3.05) is 20.2 Å². The Morgan fingerprint density at radius 3 is 2.96 bits per heavy atom. The third-order valence-electron chi connectivity index (χ3n) is 4.68. The van der Waals surface area contributed by atoms with Crippen molar-refractivity contribution in [3.05, 3.63) is 59.1 Å². The average molecular weight is 352 g/mol. The standard InChI is InChI=1S/C20H20N2O2S/c1-24-16-8-4-6-14(12-16)20(23)22-11-5-7-15(13-22)19-21-17-9-2-3-10-18(17)25-19/h2-4,6,8-10,12,15H,5,7,11,13H2,1H3/t15-/m0/s1. The number of likely N-dealkylation sites (tertiary alicyclic amines) is 1. The Morgan fingerprint density at radius 2 is 2.12 bits per heavy atom. The van der Waals surface area contributed by atoms with Gasteiger partial charge in [-0.3, -0.25) is 4.79 Å². The van der Waals surface area contributed by atoms with Gasteiger partial charge in [0.15, 0.2) is 0 Å². The van der Waals surface area contributed by atoms with Gasteiger partial charge >= 0.3 is 0 Å². The fourth-order valence-corrected chi connectivity index (χ4v) is 4.46. The largest absolute Gasteiger partial charge is 0.497 e. The van der Waals surface area contributed by atoms with Crippen molar-refractivity contribution in [3.8, 4) is 5.75 Å². The smallest absolute Gasteiger partial charge is 0.254 e. The molecule has 1 fully saturated rings. The number of hydrogen-bond acceptors (Lipinski definition) is 4. The van der Waals surface area contributed by atoms with E-state index in [-0.39, 0.29) is 5.91 Å². The number of carbonyl (C=O) groups is 1. The Hall–Kier alpha value is -2.40. The lowest BCUT2D eigenvalue weighted by Gasteiger charge is -2.32. The topological polar surface area (TPSA) is 42.4 Å². The molecule has 3 aromatic rings. The number of ether oxygens (including phenoxy) is 1. The molecule has 128 valence electrons. The van der Waals surface area contributed by atoms with Crippen LogP contribution in [-0.4, -0.2) is 36.0 Å². The summed E-state index contributed by atoms with van der Waals surface area (Å²) >= 11 is 1.75. The zero-order valence-corrected chi connectivity index (χ0v) is 15.0. The van der Waals surface area contributed by atoms with Gasteiger partial charge in [0.2, 0.25) is 0 Å². The summed E-state index contributed by atoms with van der Waals surface area (Å²) in [5.74, 6) is 1.11. The van der Waals surface area contributed by atoms with E-state index in [1.165, 1.54) is 4.70 Å². The summed E-state index contributed by atoms with van der Waals surface area (Å²) in [4.78, 5) is 19.6. The highest BCUT2D eigenvalue weighted by atomic mass is 32.1. The van der Waals surface area contributed by atoms with E-state index in [0.717, 1.165) is 36.5 Å². The number of piperidine rings is 1. The Kier molecular flexibility index (Phi) is 4.40. The van der Waals surface area contributed by atoms with Crippen molar-refractivity contribution in [1.82, 2.24) is 9.88 Å². The normalized spacial score (nSPS) is 17.6. The van der Waals surface area contributed by atoms with Gasteiger partial charge in [-0.05, 0) is 43.2 Å². The van der Waals surface area contributed by atoms with E-state index < -0.39 is 0 Å². The summed E-state index contributed by atoms with van der Waals surface area (Å²) in [7, 11) is 1.62. The zero-order valence-electron chi connectivity index (χ0n) is 14.1. The first-order chi connectivity index (χ1) is 12.2. The molecule has 1 amide bonds. The lowest BCUT2D eigenvalue weighted by atomic mass is 9.98. The Bertz CT molecular complexity index is 872. The second-order valence-corrected chi connectivity index (χ2v) is 7.40. The van der Waals surface area contributed by atoms with E-state index in [9.17, 15) is 4.79 Å². The number of amides is 1. The minimum atomic E-state index is 0.0738. The van der Waals surface area contributed by atoms with Gasteiger partial charge in [0, 0.05) is 24.6 Å². The highest BCUT2D eigenvalue weighted by molar-refractivity contribution is 7.18. The van der Waals surface area contributed by atoms with Crippen LogP contribution in [0.2, 0.25) is 0 Å². The first-order valence-corrected chi connectivity index (χ1v) is 9.35. The summed E-state index contributed by atoms with van der Waals surface area (Å²) < 4.78 is 6.45. The quantitative estimate of drug-likeness (QED) is 0.705. The van der Waals surface area contributed by atoms with Crippen LogP contribution in [0.4, 0.5) is 0 Å². The molecule has 4 nitrogen and oxygen atoms in total. The summed E-state index contributed by atoms with van der Waals surface area (Å²) in [6.07, 6.45) is 2.10. The lowest BCUT2D eigenvalue weighted by Crippen LogP contribution is -2.39. The van der Waals surface area contributed by atoms with Crippen LogP contribution < -0.4 is 4.74 Å². The molecule has 1 aromatic heterocycles. The molecular formula is C20H20N2O2S. The number of fused-ring (bicyclic) bond motifs is 1. The van der Waals surface area contributed by atoms with Crippen molar-refractivity contribution in [1.29, 1.82) is 0 Å². The first kappa shape index (κ1) is 16.1. The summed E-state index contributed by atoms with van der Waals surface area (Å²) in [6, 6.07) is 15.6. The minimum absolute atomic E-state index is 0.0738. The zero-order chi connectivity index (χ0) is 17.2. The SMILES string of the molecule is COc1cccc(C(=O)N2CCC[C@H](c3nc4ccccc4s3)C2)c1. The molecular weight excluding hydrogens is 332 g/mol. The van der Waals surface area contributed by atoms with Crippen LogP contribution >= 0.6 is 11.3 Å². The van der Waals surface area contributed by atoms with Crippen molar-refractivity contribution in [3.63, 3.8) is 0 Å². The second-order valence-electron chi connectivity index (χ2n) is 6.34. The number of nitrogens with zero attached hydrogens (tertiary/aromatic N) is 2. The number of carbonyl (C=O) groups excluding carboxylic acids is 1. The van der Waals surface area contributed by atoms with Crippen LogP contribution in [-0.2, 0) is 0 Å². The number of hydrogen-bond donors (Lipinski definition) is 0. The molecule has 4 rings (SSSR count). The van der Waals surface area contributed by atoms with Crippen LogP contribution in [0.15, 0.2) is 48.5 Å². The first-order valence-electron chi connectivity index (χ1n) is 8.53. The highest BCUT2D eigenvalue weighted by Crippen LogP contribution is 2.33. The van der Waals surface area contributed by atoms with Crippen molar-refractivity contribution in [2.24, 2.45) is 0 Å². The molecule has 0 bridgehead atoms. The number of rotatable bonds is 3. The van der Waals surface area contributed by atoms with Crippen LogP contribution in [0.5, 0.6) is 5.75 Å². The molecule has 5 heteroatoms. The molecule has 0 aliphatic carbocycles. The summed E-state index contributed by atoms with van der Waals surface area (Å²) in [5.41, 5.74) is 1.74. The number of methoxy groups -OCH3 is 1. The van der Waals surface area contributed by atoms with Gasteiger partial charge in [-0.1, -0.05) is 18.2 Å². The fraction of sp³-hybridized carbons (Fsp3) is 0.300. The van der Waals surface area contributed by atoms with Crippen LogP contribution in [0.1, 0.15) is 34.1 Å². The van der Waals surface area contributed by atoms with Gasteiger partial charge in [-0.15, -0.1) is 11.3 Å². The molecule has 1 saturated heterocycles. The number of benzene rings is 2. The Balaban J connectivity index is 1.54. The summed E-state index contributed by atoms with van der Waals surface area (Å²) in [6.45, 7) is 1.54. The van der Waals surface area contributed by atoms with E-state index in [4.69, 9.17) is 9.72 Å². The van der Waals surface area contributed by atoms with E-state index in [1.54, 1.807) is 18.4 Å². The predicted octanol–water partition coefficient (Wildman–Crippen LogP) is 4.32. The van der Waals surface area contributed by atoms with Gasteiger partial charge < -0.3 is 9.64 Å². The van der Waals surface area contributed by atoms with Gasteiger partial charge in [0.25, 0.3) is 5.91 Å². The third-order valence-corrected chi connectivity index (χ3v) is 5.88. The van der Waals surface area contributed by atoms with Crippen molar-refractivity contribution in [2.45, 2.75) is 18.8 Å². The predicted molar refractivity (Wildman–Crippen MR) is 100 cm³/mol. The molecule has 0 spiro atoms. The van der Waals surface area contributed by atoms with Crippen LogP contribution in [0.3, 0.4) is 0 Å². The third kappa shape index (κ3) is 3.24. The lowest BCUT2D eigenvalue weighted by molar-refractivity contribution is 0.0706. The molecule has 1 aliphatic rings. The average Bonchev–Trinajstić information content (AvgIpc) is 3.12. The Labute approximate surface area is 151 Å². The molecule has 0 radical (unpaired) electrons. The molecule has 0 N–H and O–H groups in total. The maximum atomic E-state index is 12.9. The number of para-hydroxylation sites is 1. The molecule has 1 atom stereocenters. The van der Waals surface area contributed by atoms with Crippen molar-refractivity contribution >= 4 is 27.5 Å². The maximum absolute atomic E-state index is 12.9. The van der Waals surface area contributed by atoms with E-state index in [0.29, 0.717) is 17.2 Å². The van der Waals surface area contributed by atoms with E-state index in [2.05, 4.69) is 12.1 Å². The van der Waals surface area contributed by atoms with Gasteiger partial charge in [0.1, 0.15) is 5.75 Å². The van der Waals surface area contributed by atoms with Crippen molar-refractivity contribution < 1.29 is 9.53 Å². The minimum Gasteiger partial charge on any atom is -0.497 e. The van der Waals surface area contributed by atoms with Crippen LogP contribution in [0.25, 0.3) is 10.2 Å². The van der Waals surface area contributed by atoms with Gasteiger partial charge in [-0.25, -0.2) is 4.98 Å². The Morgan fingerprint density at radius 1 is 1.24 bits per heavy atom. The molecule has 0 unspecified atom stereocenters. The second kappa shape index (κ2) is 6.84. The highest BCUT2D eigenvalue weighted by Gasteiger charge is 2.27. The van der Waals surface area contributed by atoms with Gasteiger partial charge in [-0.2, -0.15) is 0 Å². The molecule has 2 aromatic carbocycles. The van der Waals surface area contributed by atoms with Crippen LogP contribution in [0, 0.1) is 0 Å². The molecule has 2 heterocycles. The van der Waals surface area contributed by atoms with E-state index >= 15 is 0 Å². The number of thiazole rings is 1. The monoisotopic (exact) mass is 352 g/mol. The maximum Gasteiger partial charge on any atom is 0.254 e. The number of aromatic nitrogens is 1. The molecule has 25 heavy (non-hydrogen) atoms. The summed E-state index contributed by atoms with van der Waals surface area (Å²) in [5, 5.41) is 1.14. The van der Waals surface area contributed by atoms with E-state index in [1.807, 2.05) is 41.3 Å². The fourth-order valence-electron chi connectivity index (χ4n) is 3.37. The van der Waals surface area contributed by atoms with Gasteiger partial charge in [0.05, 0.1) is 22.3 Å². The molecule has 0 saturated carbocycles.